The molecule has 0 saturated carbocycles. The molecule has 4 nitrogen and oxygen atoms in total. The van der Waals surface area contributed by atoms with Gasteiger partial charge < -0.3 is 15.8 Å². The van der Waals surface area contributed by atoms with Crippen molar-refractivity contribution < 1.29 is 22.7 Å². The van der Waals surface area contributed by atoms with Crippen molar-refractivity contribution in [1.82, 2.24) is 5.32 Å². The van der Waals surface area contributed by atoms with Crippen LogP contribution in [0.5, 0.6) is 5.75 Å². The average molecular weight is 290 g/mol. The highest BCUT2D eigenvalue weighted by Crippen LogP contribution is 2.22. The van der Waals surface area contributed by atoms with Gasteiger partial charge in [-0.05, 0) is 31.0 Å². The molecule has 7 heteroatoms. The Morgan fingerprint density at radius 3 is 2.45 bits per heavy atom. The number of nitrogens with one attached hydrogen (secondary N) is 1. The number of hydrogen-bond acceptors (Lipinski definition) is 3. The molecule has 20 heavy (non-hydrogen) atoms. The number of nitrogens with two attached hydrogens (primary N) is 1. The van der Waals surface area contributed by atoms with Crippen LogP contribution in [0.3, 0.4) is 0 Å². The Morgan fingerprint density at radius 2 is 1.95 bits per heavy atom. The molecule has 1 amide bonds. The van der Waals surface area contributed by atoms with Crippen LogP contribution in [-0.4, -0.2) is 24.9 Å². The lowest BCUT2D eigenvalue weighted by Crippen LogP contribution is -2.30. The first-order chi connectivity index (χ1) is 9.26. The van der Waals surface area contributed by atoms with Gasteiger partial charge in [0.25, 0.3) is 0 Å². The minimum absolute atomic E-state index is 0.00843. The zero-order valence-corrected chi connectivity index (χ0v) is 11.0. The van der Waals surface area contributed by atoms with Crippen molar-refractivity contribution in [3.63, 3.8) is 0 Å². The molecule has 1 rings (SSSR count). The Labute approximate surface area is 115 Å². The van der Waals surface area contributed by atoms with E-state index in [0.29, 0.717) is 18.5 Å². The minimum atomic E-state index is -4.71. The molecule has 0 bridgehead atoms. The normalized spacial score (nSPS) is 12.8. The van der Waals surface area contributed by atoms with Gasteiger partial charge in [-0.25, -0.2) is 0 Å². The quantitative estimate of drug-likeness (QED) is 0.842. The number of rotatable bonds is 6. The Balaban J connectivity index is 2.43. The lowest BCUT2D eigenvalue weighted by molar-refractivity contribution is -0.274. The van der Waals surface area contributed by atoms with Crippen LogP contribution in [-0.2, 0) is 11.2 Å². The van der Waals surface area contributed by atoms with Crippen molar-refractivity contribution in [2.75, 3.05) is 6.54 Å². The van der Waals surface area contributed by atoms with Crippen LogP contribution < -0.4 is 15.8 Å². The number of halogens is 3. The van der Waals surface area contributed by atoms with Crippen LogP contribution >= 0.6 is 0 Å². The van der Waals surface area contributed by atoms with Gasteiger partial charge in [0.15, 0.2) is 0 Å². The van der Waals surface area contributed by atoms with E-state index >= 15 is 0 Å². The number of amides is 1. The van der Waals surface area contributed by atoms with Crippen LogP contribution in [0.4, 0.5) is 13.2 Å². The summed E-state index contributed by atoms with van der Waals surface area (Å²) in [5, 5.41) is 2.69. The second kappa shape index (κ2) is 7.14. The molecule has 3 N–H and O–H groups in total. The SMILES string of the molecule is CC(N)CCNC(=O)Cc1ccc(OC(F)(F)F)cc1. The highest BCUT2D eigenvalue weighted by atomic mass is 19.4. The van der Waals surface area contributed by atoms with Crippen LogP contribution in [0.2, 0.25) is 0 Å². The van der Waals surface area contributed by atoms with Gasteiger partial charge in [-0.3, -0.25) is 4.79 Å². The van der Waals surface area contributed by atoms with E-state index in [-0.39, 0.29) is 24.1 Å². The monoisotopic (exact) mass is 290 g/mol. The van der Waals surface area contributed by atoms with Crippen molar-refractivity contribution in [2.24, 2.45) is 5.73 Å². The maximum absolute atomic E-state index is 12.0. The molecule has 0 aliphatic heterocycles. The number of ether oxygens (including phenoxy) is 1. The Bertz CT molecular complexity index is 430. The summed E-state index contributed by atoms with van der Waals surface area (Å²) in [5.41, 5.74) is 6.15. The summed E-state index contributed by atoms with van der Waals surface area (Å²) in [7, 11) is 0. The molecule has 0 radical (unpaired) electrons. The Hall–Kier alpha value is -1.76. The van der Waals surface area contributed by atoms with E-state index in [1.807, 2.05) is 6.92 Å². The van der Waals surface area contributed by atoms with Crippen molar-refractivity contribution >= 4 is 5.91 Å². The van der Waals surface area contributed by atoms with Crippen LogP contribution in [0, 0.1) is 0 Å². The first-order valence-electron chi connectivity index (χ1n) is 6.13. The summed E-state index contributed by atoms with van der Waals surface area (Å²) < 4.78 is 39.6. The van der Waals surface area contributed by atoms with E-state index in [2.05, 4.69) is 10.1 Å². The molecule has 0 spiro atoms. The van der Waals surface area contributed by atoms with Gasteiger partial charge in [0.05, 0.1) is 6.42 Å². The Kier molecular flexibility index (Phi) is 5.82. The van der Waals surface area contributed by atoms with Crippen molar-refractivity contribution in [3.8, 4) is 5.75 Å². The molecule has 0 aliphatic carbocycles. The lowest BCUT2D eigenvalue weighted by Gasteiger charge is -2.10. The molecule has 0 aliphatic rings. The standard InChI is InChI=1S/C13H17F3N2O2/c1-9(17)6-7-18-12(19)8-10-2-4-11(5-3-10)20-13(14,15)16/h2-5,9H,6-8,17H2,1H3,(H,18,19). The Morgan fingerprint density at radius 1 is 1.35 bits per heavy atom. The van der Waals surface area contributed by atoms with Crippen LogP contribution in [0.25, 0.3) is 0 Å². The van der Waals surface area contributed by atoms with Crippen molar-refractivity contribution in [1.29, 1.82) is 0 Å². The average Bonchev–Trinajstić information content (AvgIpc) is 2.29. The maximum Gasteiger partial charge on any atom is 0.573 e. The van der Waals surface area contributed by atoms with Gasteiger partial charge in [-0.1, -0.05) is 12.1 Å². The minimum Gasteiger partial charge on any atom is -0.406 e. The predicted molar refractivity (Wildman–Crippen MR) is 68.1 cm³/mol. The van der Waals surface area contributed by atoms with Gasteiger partial charge >= 0.3 is 6.36 Å². The second-order valence-corrected chi connectivity index (χ2v) is 4.48. The van der Waals surface area contributed by atoms with Crippen LogP contribution in [0.1, 0.15) is 18.9 Å². The highest BCUT2D eigenvalue weighted by Gasteiger charge is 2.30. The number of alkyl halides is 3. The number of benzene rings is 1. The van der Waals surface area contributed by atoms with Gasteiger partial charge in [-0.2, -0.15) is 0 Å². The highest BCUT2D eigenvalue weighted by molar-refractivity contribution is 5.78. The van der Waals surface area contributed by atoms with E-state index in [9.17, 15) is 18.0 Å². The first-order valence-corrected chi connectivity index (χ1v) is 6.13. The molecule has 1 atom stereocenters. The lowest BCUT2D eigenvalue weighted by atomic mass is 10.1. The smallest absolute Gasteiger partial charge is 0.406 e. The van der Waals surface area contributed by atoms with E-state index in [1.165, 1.54) is 24.3 Å². The largest absolute Gasteiger partial charge is 0.573 e. The predicted octanol–water partition coefficient (Wildman–Crippen LogP) is 1.98. The summed E-state index contributed by atoms with van der Waals surface area (Å²) >= 11 is 0. The molecule has 0 aromatic heterocycles. The molecule has 0 heterocycles. The van der Waals surface area contributed by atoms with Gasteiger partial charge in [0.2, 0.25) is 5.91 Å². The second-order valence-electron chi connectivity index (χ2n) is 4.48. The summed E-state index contributed by atoms with van der Waals surface area (Å²) in [4.78, 5) is 11.5. The zero-order chi connectivity index (χ0) is 15.2. The molecule has 1 aromatic carbocycles. The third-order valence-corrected chi connectivity index (χ3v) is 2.44. The molecular formula is C13H17F3N2O2. The van der Waals surface area contributed by atoms with Gasteiger partial charge in [0.1, 0.15) is 5.75 Å². The fourth-order valence-corrected chi connectivity index (χ4v) is 1.50. The fraction of sp³-hybridized carbons (Fsp3) is 0.462. The molecule has 0 fully saturated rings. The summed E-state index contributed by atoms with van der Waals surface area (Å²) in [6.07, 6.45) is -3.94. The first kappa shape index (κ1) is 16.3. The zero-order valence-electron chi connectivity index (χ0n) is 11.0. The van der Waals surface area contributed by atoms with Gasteiger partial charge in [0, 0.05) is 12.6 Å². The van der Waals surface area contributed by atoms with Crippen LogP contribution in [0.15, 0.2) is 24.3 Å². The molecule has 1 unspecified atom stereocenters. The molecule has 1 aromatic rings. The fourth-order valence-electron chi connectivity index (χ4n) is 1.50. The third-order valence-electron chi connectivity index (χ3n) is 2.44. The van der Waals surface area contributed by atoms with Crippen molar-refractivity contribution in [3.05, 3.63) is 29.8 Å². The molecule has 0 saturated heterocycles. The maximum atomic E-state index is 12.0. The van der Waals surface area contributed by atoms with E-state index in [0.717, 1.165) is 0 Å². The molecular weight excluding hydrogens is 273 g/mol. The van der Waals surface area contributed by atoms with Gasteiger partial charge in [-0.15, -0.1) is 13.2 Å². The van der Waals surface area contributed by atoms with E-state index in [1.54, 1.807) is 0 Å². The molecule has 112 valence electrons. The number of carbonyl (C=O) groups is 1. The van der Waals surface area contributed by atoms with Crippen molar-refractivity contribution in [2.45, 2.75) is 32.2 Å². The van der Waals surface area contributed by atoms with E-state index < -0.39 is 6.36 Å². The topological polar surface area (TPSA) is 64.3 Å². The summed E-state index contributed by atoms with van der Waals surface area (Å²) in [6.45, 7) is 2.32. The number of carbonyl (C=O) groups excluding carboxylic acids is 1. The number of hydrogen-bond donors (Lipinski definition) is 2. The summed E-state index contributed by atoms with van der Waals surface area (Å²) in [6, 6.07) is 5.21. The summed E-state index contributed by atoms with van der Waals surface area (Å²) in [5.74, 6) is -0.506. The van der Waals surface area contributed by atoms with E-state index in [4.69, 9.17) is 5.73 Å². The third kappa shape index (κ3) is 6.98.